The van der Waals surface area contributed by atoms with Crippen molar-refractivity contribution in [1.82, 2.24) is 10.2 Å². The molecule has 1 N–H and O–H groups in total. The predicted octanol–water partition coefficient (Wildman–Crippen LogP) is 0.106. The average molecular weight is 268 g/mol. The molecule has 19 heavy (non-hydrogen) atoms. The van der Waals surface area contributed by atoms with E-state index in [1.807, 2.05) is 0 Å². The zero-order valence-electron chi connectivity index (χ0n) is 9.78. The maximum Gasteiger partial charge on any atom is 0.240 e. The quantitative estimate of drug-likeness (QED) is 0.624. The fourth-order valence-corrected chi connectivity index (χ4v) is 1.81. The molecular weight excluding hydrogens is 258 g/mol. The third-order valence-corrected chi connectivity index (χ3v) is 2.61. The van der Waals surface area contributed by atoms with Gasteiger partial charge in [0.2, 0.25) is 11.8 Å². The Morgan fingerprint density at radius 2 is 1.84 bits per heavy atom. The molecule has 0 saturated carbocycles. The molecule has 2 amide bonds. The van der Waals surface area contributed by atoms with Crippen LogP contribution in [0.2, 0.25) is 0 Å². The number of Topliss-reactive ketones (excluding diaryl/α,β-unsaturated/α-hetero) is 1. The smallest absolute Gasteiger partial charge is 0.240 e. The number of halogens is 2. The Hall–Kier alpha value is -2.15. The van der Waals surface area contributed by atoms with E-state index in [0.717, 1.165) is 12.1 Å². The molecule has 0 aromatic heterocycles. The summed E-state index contributed by atoms with van der Waals surface area (Å²) in [5, 5.41) is 2.09. The highest BCUT2D eigenvalue weighted by Gasteiger charge is 2.25. The second-order valence-electron chi connectivity index (χ2n) is 4.16. The molecule has 1 fully saturated rings. The van der Waals surface area contributed by atoms with Gasteiger partial charge in [-0.2, -0.15) is 0 Å². The van der Waals surface area contributed by atoms with Crippen molar-refractivity contribution in [2.45, 2.75) is 0 Å². The van der Waals surface area contributed by atoms with Gasteiger partial charge in [0.1, 0.15) is 11.6 Å². The summed E-state index contributed by atoms with van der Waals surface area (Å²) in [4.78, 5) is 35.3. The Balaban J connectivity index is 2.08. The van der Waals surface area contributed by atoms with Crippen molar-refractivity contribution >= 4 is 17.6 Å². The standard InChI is InChI=1S/C12H10F2N2O3/c13-7-1-2-8(9(14)3-7)10(17)4-16-5-11(18)15-12(19)6-16/h1-3H,4-6H2,(H,15,18,19). The van der Waals surface area contributed by atoms with Crippen molar-refractivity contribution in [3.05, 3.63) is 35.4 Å². The minimum Gasteiger partial charge on any atom is -0.294 e. The van der Waals surface area contributed by atoms with Crippen LogP contribution in [-0.4, -0.2) is 42.1 Å². The van der Waals surface area contributed by atoms with Crippen LogP contribution in [0.3, 0.4) is 0 Å². The number of carbonyl (C=O) groups excluding carboxylic acids is 3. The van der Waals surface area contributed by atoms with Crippen molar-refractivity contribution in [2.24, 2.45) is 0 Å². The molecule has 0 aliphatic carbocycles. The van der Waals surface area contributed by atoms with Crippen LogP contribution in [0.25, 0.3) is 0 Å². The zero-order valence-corrected chi connectivity index (χ0v) is 9.78. The molecular formula is C12H10F2N2O3. The van der Waals surface area contributed by atoms with Crippen LogP contribution in [0.4, 0.5) is 8.78 Å². The Morgan fingerprint density at radius 1 is 1.21 bits per heavy atom. The summed E-state index contributed by atoms with van der Waals surface area (Å²) in [6, 6.07) is 2.63. The first-order chi connectivity index (χ1) is 8.95. The molecule has 5 nitrogen and oxygen atoms in total. The number of nitrogens with zero attached hydrogens (tertiary/aromatic N) is 1. The first kappa shape index (κ1) is 13.3. The average Bonchev–Trinajstić information content (AvgIpc) is 2.26. The number of ketones is 1. The van der Waals surface area contributed by atoms with Gasteiger partial charge in [-0.15, -0.1) is 0 Å². The molecule has 0 unspecified atom stereocenters. The van der Waals surface area contributed by atoms with Gasteiger partial charge in [-0.25, -0.2) is 8.78 Å². The first-order valence-electron chi connectivity index (χ1n) is 5.49. The number of hydrogen-bond acceptors (Lipinski definition) is 4. The normalized spacial score (nSPS) is 16.3. The van der Waals surface area contributed by atoms with Crippen LogP contribution in [0, 0.1) is 11.6 Å². The van der Waals surface area contributed by atoms with Gasteiger partial charge < -0.3 is 0 Å². The van der Waals surface area contributed by atoms with Crippen LogP contribution >= 0.6 is 0 Å². The SMILES string of the molecule is O=C1CN(CC(=O)c2ccc(F)cc2F)CC(=O)N1. The highest BCUT2D eigenvalue weighted by Crippen LogP contribution is 2.11. The summed E-state index contributed by atoms with van der Waals surface area (Å²) in [5.74, 6) is -3.37. The number of rotatable bonds is 3. The lowest BCUT2D eigenvalue weighted by Crippen LogP contribution is -2.52. The number of imide groups is 1. The van der Waals surface area contributed by atoms with E-state index in [-0.39, 0.29) is 25.2 Å². The fraction of sp³-hybridized carbons (Fsp3) is 0.250. The van der Waals surface area contributed by atoms with E-state index in [9.17, 15) is 23.2 Å². The second-order valence-corrected chi connectivity index (χ2v) is 4.16. The van der Waals surface area contributed by atoms with Crippen molar-refractivity contribution in [1.29, 1.82) is 0 Å². The maximum absolute atomic E-state index is 13.4. The molecule has 1 saturated heterocycles. The monoisotopic (exact) mass is 268 g/mol. The lowest BCUT2D eigenvalue weighted by atomic mass is 10.1. The molecule has 100 valence electrons. The Kier molecular flexibility index (Phi) is 3.66. The second kappa shape index (κ2) is 5.23. The van der Waals surface area contributed by atoms with Crippen LogP contribution in [0.5, 0.6) is 0 Å². The topological polar surface area (TPSA) is 66.5 Å². The lowest BCUT2D eigenvalue weighted by molar-refractivity contribution is -0.135. The van der Waals surface area contributed by atoms with Gasteiger partial charge in [0.05, 0.1) is 25.2 Å². The molecule has 7 heteroatoms. The molecule has 1 heterocycles. The highest BCUT2D eigenvalue weighted by molar-refractivity contribution is 6.01. The molecule has 1 aliphatic heterocycles. The number of nitrogens with one attached hydrogen (secondary N) is 1. The molecule has 0 bridgehead atoms. The van der Waals surface area contributed by atoms with Gasteiger partial charge >= 0.3 is 0 Å². The summed E-state index contributed by atoms with van der Waals surface area (Å²) in [5.41, 5.74) is -0.264. The van der Waals surface area contributed by atoms with E-state index in [1.165, 1.54) is 4.90 Å². The van der Waals surface area contributed by atoms with E-state index in [0.29, 0.717) is 6.07 Å². The summed E-state index contributed by atoms with van der Waals surface area (Å²) >= 11 is 0. The minimum atomic E-state index is -0.960. The number of piperazine rings is 1. The summed E-state index contributed by atoms with van der Waals surface area (Å²) in [6.07, 6.45) is 0. The van der Waals surface area contributed by atoms with Gasteiger partial charge in [-0.1, -0.05) is 0 Å². The number of hydrogen-bond donors (Lipinski definition) is 1. The van der Waals surface area contributed by atoms with E-state index in [4.69, 9.17) is 0 Å². The van der Waals surface area contributed by atoms with E-state index >= 15 is 0 Å². The summed E-state index contributed by atoms with van der Waals surface area (Å²) in [7, 11) is 0. The third-order valence-electron chi connectivity index (χ3n) is 2.61. The van der Waals surface area contributed by atoms with Gasteiger partial charge in [-0.3, -0.25) is 24.6 Å². The number of amides is 2. The van der Waals surface area contributed by atoms with Crippen LogP contribution in [-0.2, 0) is 9.59 Å². The van der Waals surface area contributed by atoms with Crippen LogP contribution in [0.15, 0.2) is 18.2 Å². The Labute approximate surface area is 107 Å². The molecule has 1 aromatic rings. The van der Waals surface area contributed by atoms with Crippen LogP contribution in [0.1, 0.15) is 10.4 Å². The van der Waals surface area contributed by atoms with Gasteiger partial charge in [0.25, 0.3) is 0 Å². The van der Waals surface area contributed by atoms with Crippen molar-refractivity contribution in [2.75, 3.05) is 19.6 Å². The maximum atomic E-state index is 13.4. The number of benzene rings is 1. The highest BCUT2D eigenvalue weighted by atomic mass is 19.1. The lowest BCUT2D eigenvalue weighted by Gasteiger charge is -2.24. The minimum absolute atomic E-state index is 0.111. The van der Waals surface area contributed by atoms with Gasteiger partial charge in [0, 0.05) is 6.07 Å². The predicted molar refractivity (Wildman–Crippen MR) is 60.3 cm³/mol. The molecule has 1 aromatic carbocycles. The van der Waals surface area contributed by atoms with E-state index in [2.05, 4.69) is 5.32 Å². The third kappa shape index (κ3) is 3.19. The number of carbonyl (C=O) groups is 3. The zero-order chi connectivity index (χ0) is 14.0. The van der Waals surface area contributed by atoms with E-state index < -0.39 is 29.2 Å². The molecule has 1 aliphatic rings. The molecule has 0 spiro atoms. The largest absolute Gasteiger partial charge is 0.294 e. The summed E-state index contributed by atoms with van der Waals surface area (Å²) < 4.78 is 26.1. The van der Waals surface area contributed by atoms with Gasteiger partial charge in [-0.05, 0) is 12.1 Å². The van der Waals surface area contributed by atoms with Gasteiger partial charge in [0.15, 0.2) is 5.78 Å². The first-order valence-corrected chi connectivity index (χ1v) is 5.49. The Bertz CT molecular complexity index is 544. The molecule has 0 atom stereocenters. The Morgan fingerprint density at radius 3 is 2.42 bits per heavy atom. The summed E-state index contributed by atoms with van der Waals surface area (Å²) in [6.45, 7) is -0.498. The van der Waals surface area contributed by atoms with Crippen molar-refractivity contribution in [3.8, 4) is 0 Å². The van der Waals surface area contributed by atoms with Crippen LogP contribution < -0.4 is 5.32 Å². The molecule has 2 rings (SSSR count). The van der Waals surface area contributed by atoms with E-state index in [1.54, 1.807) is 0 Å². The molecule has 0 radical (unpaired) electrons. The van der Waals surface area contributed by atoms with Crippen molar-refractivity contribution < 1.29 is 23.2 Å². The fourth-order valence-electron chi connectivity index (χ4n) is 1.81. The van der Waals surface area contributed by atoms with Crippen molar-refractivity contribution in [3.63, 3.8) is 0 Å².